The molecule has 2 N–H and O–H groups in total. The van der Waals surface area contributed by atoms with Crippen LogP contribution < -0.4 is 0 Å². The van der Waals surface area contributed by atoms with Crippen molar-refractivity contribution in [2.24, 2.45) is 34.5 Å². The van der Waals surface area contributed by atoms with Gasteiger partial charge in [0.25, 0.3) is 0 Å². The molecule has 3 fully saturated rings. The van der Waals surface area contributed by atoms with E-state index < -0.39 is 0 Å². The molecule has 3 saturated carbocycles. The van der Waals surface area contributed by atoms with Gasteiger partial charge >= 0.3 is 0 Å². The summed E-state index contributed by atoms with van der Waals surface area (Å²) in [4.78, 5) is 11.5. The molecule has 0 aromatic carbocycles. The summed E-state index contributed by atoms with van der Waals surface area (Å²) in [5.41, 5.74) is 3.42. The van der Waals surface area contributed by atoms with Crippen LogP contribution in [0.4, 0.5) is 0 Å². The highest BCUT2D eigenvalue weighted by Gasteiger charge is 2.58. The van der Waals surface area contributed by atoms with Crippen LogP contribution >= 0.6 is 0 Å². The summed E-state index contributed by atoms with van der Waals surface area (Å²) in [6.07, 6.45) is 9.77. The first-order chi connectivity index (χ1) is 13.2. The Kier molecular flexibility index (Phi) is 5.32. The van der Waals surface area contributed by atoms with Gasteiger partial charge in [-0.2, -0.15) is 0 Å². The highest BCUT2D eigenvalue weighted by molar-refractivity contribution is 5.75. The topological polar surface area (TPSA) is 57.5 Å². The fourth-order valence-electron chi connectivity index (χ4n) is 8.00. The Morgan fingerprint density at radius 3 is 2.61 bits per heavy atom. The Morgan fingerprint density at radius 1 is 1.14 bits per heavy atom. The molecule has 0 amide bonds. The second-order valence-corrected chi connectivity index (χ2v) is 11.1. The molecule has 0 bridgehead atoms. The molecule has 0 radical (unpaired) electrons. The van der Waals surface area contributed by atoms with Gasteiger partial charge in [-0.25, -0.2) is 0 Å². The Balaban J connectivity index is 1.64. The second-order valence-electron chi connectivity index (χ2n) is 11.1. The Bertz CT molecular complexity index is 667. The predicted molar refractivity (Wildman–Crippen MR) is 112 cm³/mol. The fraction of sp³-hybridized carbons (Fsp3) is 0.880. The third kappa shape index (κ3) is 3.03. The van der Waals surface area contributed by atoms with E-state index in [0.29, 0.717) is 30.1 Å². The van der Waals surface area contributed by atoms with Gasteiger partial charge < -0.3 is 15.0 Å². The maximum atomic E-state index is 11.5. The summed E-state index contributed by atoms with van der Waals surface area (Å²) in [6.45, 7) is 8.77. The molecule has 0 aromatic heterocycles. The van der Waals surface area contributed by atoms with Crippen molar-refractivity contribution in [2.45, 2.75) is 104 Å². The molecule has 0 aromatic rings. The fourth-order valence-corrected chi connectivity index (χ4v) is 8.00. The molecule has 4 aliphatic carbocycles. The Labute approximate surface area is 171 Å². The van der Waals surface area contributed by atoms with Crippen LogP contribution in [0.15, 0.2) is 11.1 Å². The molecule has 3 heteroatoms. The number of Topliss-reactive ketones (excluding diaryl/α,β-unsaturated/α-hetero) is 1. The van der Waals surface area contributed by atoms with Gasteiger partial charge in [-0.3, -0.25) is 0 Å². The number of allylic oxidation sites excluding steroid dienone is 1. The van der Waals surface area contributed by atoms with Gasteiger partial charge in [0.15, 0.2) is 0 Å². The molecule has 0 spiro atoms. The van der Waals surface area contributed by atoms with Gasteiger partial charge in [0.2, 0.25) is 0 Å². The molecule has 4 rings (SSSR count). The summed E-state index contributed by atoms with van der Waals surface area (Å²) in [5.74, 6) is 2.36. The van der Waals surface area contributed by atoms with Crippen LogP contribution in [0.25, 0.3) is 0 Å². The zero-order valence-corrected chi connectivity index (χ0v) is 18.3. The van der Waals surface area contributed by atoms with Crippen molar-refractivity contribution in [1.29, 1.82) is 0 Å². The zero-order chi connectivity index (χ0) is 20.3. The van der Waals surface area contributed by atoms with Crippen LogP contribution in [0.5, 0.6) is 0 Å². The number of fused-ring (bicyclic) bond motifs is 4. The molecular weight excluding hydrogens is 348 g/mol. The number of carbonyl (C=O) groups excluding carboxylic acids is 1. The van der Waals surface area contributed by atoms with Crippen LogP contribution in [0, 0.1) is 34.5 Å². The van der Waals surface area contributed by atoms with Crippen LogP contribution in [0.3, 0.4) is 0 Å². The number of hydrogen-bond donors (Lipinski definition) is 2. The first-order valence-electron chi connectivity index (χ1n) is 11.8. The van der Waals surface area contributed by atoms with Gasteiger partial charge in [-0.1, -0.05) is 31.9 Å². The monoisotopic (exact) mass is 388 g/mol. The molecular formula is C25H40O3. The van der Waals surface area contributed by atoms with Gasteiger partial charge in [-0.05, 0) is 93.8 Å². The molecule has 0 unspecified atom stereocenters. The van der Waals surface area contributed by atoms with Crippen LogP contribution in [-0.2, 0) is 4.79 Å². The van der Waals surface area contributed by atoms with E-state index in [1.54, 1.807) is 18.1 Å². The lowest BCUT2D eigenvalue weighted by Crippen LogP contribution is -2.52. The average molecular weight is 389 g/mol. The van der Waals surface area contributed by atoms with Crippen LogP contribution in [0.1, 0.15) is 91.9 Å². The van der Waals surface area contributed by atoms with E-state index >= 15 is 0 Å². The van der Waals surface area contributed by atoms with Crippen molar-refractivity contribution in [1.82, 2.24) is 0 Å². The number of ketones is 1. The first kappa shape index (κ1) is 20.6. The van der Waals surface area contributed by atoms with Crippen molar-refractivity contribution in [3.05, 3.63) is 11.1 Å². The number of carbonyl (C=O) groups is 1. The lowest BCUT2D eigenvalue weighted by atomic mass is 9.48. The molecule has 8 atom stereocenters. The number of rotatable bonds is 4. The normalized spacial score (nSPS) is 46.6. The SMILES string of the molecule is CC(=O)CC[C@@H](C)[C@H]1CCC2=C3CC[C@@H]4C[C@H](O)CC[C@]4(C)[C@H]3C[C@H](O)[C@@]21C. The minimum atomic E-state index is -0.272. The van der Waals surface area contributed by atoms with Gasteiger partial charge in [0.1, 0.15) is 5.78 Å². The standard InChI is InChI=1S/C25H40O3/c1-15(5-6-16(2)26)20-9-10-21-19-8-7-17-13-18(27)11-12-24(17,3)22(19)14-23(28)25(20,21)4/h15,17-18,20,22-23,27-28H,5-14H2,1-4H3/t15-,17-,18-,20-,22+,23+,24+,25-/m1/s1. The smallest absolute Gasteiger partial charge is 0.129 e. The van der Waals surface area contributed by atoms with E-state index in [4.69, 9.17) is 0 Å². The minimum Gasteiger partial charge on any atom is -0.393 e. The third-order valence-corrected chi connectivity index (χ3v) is 9.79. The summed E-state index contributed by atoms with van der Waals surface area (Å²) in [5, 5.41) is 21.7. The van der Waals surface area contributed by atoms with Gasteiger partial charge in [-0.15, -0.1) is 0 Å². The lowest BCUT2D eigenvalue weighted by Gasteiger charge is -2.58. The van der Waals surface area contributed by atoms with E-state index in [9.17, 15) is 15.0 Å². The summed E-state index contributed by atoms with van der Waals surface area (Å²) >= 11 is 0. The number of aliphatic hydroxyl groups excluding tert-OH is 2. The van der Waals surface area contributed by atoms with E-state index in [1.165, 1.54) is 12.8 Å². The van der Waals surface area contributed by atoms with E-state index in [0.717, 1.165) is 44.9 Å². The van der Waals surface area contributed by atoms with Crippen molar-refractivity contribution in [3.63, 3.8) is 0 Å². The van der Waals surface area contributed by atoms with E-state index in [-0.39, 0.29) is 28.8 Å². The summed E-state index contributed by atoms with van der Waals surface area (Å²) in [6, 6.07) is 0. The minimum absolute atomic E-state index is 0.0978. The summed E-state index contributed by atoms with van der Waals surface area (Å²) < 4.78 is 0. The molecule has 0 aliphatic heterocycles. The second kappa shape index (κ2) is 7.23. The van der Waals surface area contributed by atoms with Crippen molar-refractivity contribution < 1.29 is 15.0 Å². The highest BCUT2D eigenvalue weighted by atomic mass is 16.3. The first-order valence-corrected chi connectivity index (χ1v) is 11.8. The van der Waals surface area contributed by atoms with E-state index in [2.05, 4.69) is 20.8 Å². The quantitative estimate of drug-likeness (QED) is 0.663. The molecule has 4 aliphatic rings. The zero-order valence-electron chi connectivity index (χ0n) is 18.3. The van der Waals surface area contributed by atoms with Crippen molar-refractivity contribution >= 4 is 5.78 Å². The maximum Gasteiger partial charge on any atom is 0.129 e. The number of hydrogen-bond acceptors (Lipinski definition) is 3. The largest absolute Gasteiger partial charge is 0.393 e. The van der Waals surface area contributed by atoms with Crippen LogP contribution in [-0.4, -0.2) is 28.2 Å². The molecule has 3 nitrogen and oxygen atoms in total. The number of aliphatic hydroxyl groups is 2. The molecule has 0 saturated heterocycles. The third-order valence-electron chi connectivity index (χ3n) is 9.79. The molecule has 28 heavy (non-hydrogen) atoms. The van der Waals surface area contributed by atoms with E-state index in [1.807, 2.05) is 0 Å². The molecule has 0 heterocycles. The van der Waals surface area contributed by atoms with Crippen LogP contribution in [0.2, 0.25) is 0 Å². The maximum absolute atomic E-state index is 11.5. The average Bonchev–Trinajstić information content (AvgIpc) is 3.00. The summed E-state index contributed by atoms with van der Waals surface area (Å²) in [7, 11) is 0. The van der Waals surface area contributed by atoms with Gasteiger partial charge in [0, 0.05) is 11.8 Å². The predicted octanol–water partition coefficient (Wildman–Crippen LogP) is 5.05. The van der Waals surface area contributed by atoms with Crippen molar-refractivity contribution in [2.75, 3.05) is 0 Å². The van der Waals surface area contributed by atoms with Crippen molar-refractivity contribution in [3.8, 4) is 0 Å². The molecule has 158 valence electrons. The van der Waals surface area contributed by atoms with Gasteiger partial charge in [0.05, 0.1) is 12.2 Å². The Morgan fingerprint density at radius 2 is 1.89 bits per heavy atom. The lowest BCUT2D eigenvalue weighted by molar-refractivity contribution is -0.117. The highest BCUT2D eigenvalue weighted by Crippen LogP contribution is 2.65. The Hall–Kier alpha value is -0.670.